The number of aliphatic imine (C=N–C) groups is 1. The molecule has 1 heterocycles. The van der Waals surface area contributed by atoms with Gasteiger partial charge in [0.2, 0.25) is 0 Å². The molecule has 2 rings (SSSR count). The van der Waals surface area contributed by atoms with Crippen LogP contribution in [0.2, 0.25) is 0 Å². The van der Waals surface area contributed by atoms with Crippen LogP contribution in [0.5, 0.6) is 0 Å². The first-order chi connectivity index (χ1) is 7.46. The fraction of sp³-hybridized carbons (Fsp3) is 0.909. The Morgan fingerprint density at radius 3 is 2.38 bits per heavy atom. The molecule has 2 fully saturated rings. The topological polar surface area (TPSA) is 41.6 Å². The molecule has 0 aromatic carbocycles. The lowest BCUT2D eigenvalue weighted by Crippen LogP contribution is -2.45. The van der Waals surface area contributed by atoms with E-state index in [1.54, 1.807) is 0 Å². The minimum atomic E-state index is -2.51. The number of halogens is 2. The van der Waals surface area contributed by atoms with Crippen LogP contribution >= 0.6 is 0 Å². The summed E-state index contributed by atoms with van der Waals surface area (Å²) in [4.78, 5) is 6.18. The Balaban J connectivity index is 1.83. The van der Waals surface area contributed by atoms with E-state index in [-0.39, 0.29) is 18.9 Å². The fourth-order valence-corrected chi connectivity index (χ4v) is 2.23. The maximum Gasteiger partial charge on any atom is 0.252 e. The standard InChI is InChI=1S/C11H19F2N3/c1-8-2-4-16(5-3-8)10(14)15-9-6-11(12,13)7-9/h8-9H,2-7H2,1H3,(H2,14,15). The Morgan fingerprint density at radius 1 is 1.31 bits per heavy atom. The van der Waals surface area contributed by atoms with Gasteiger partial charge in [-0.1, -0.05) is 6.92 Å². The Hall–Kier alpha value is -0.870. The number of hydrogen-bond donors (Lipinski definition) is 1. The van der Waals surface area contributed by atoms with Crippen LogP contribution in [0, 0.1) is 5.92 Å². The summed E-state index contributed by atoms with van der Waals surface area (Å²) >= 11 is 0. The summed E-state index contributed by atoms with van der Waals surface area (Å²) < 4.78 is 25.2. The molecule has 1 saturated carbocycles. The Kier molecular flexibility index (Phi) is 3.04. The molecule has 0 radical (unpaired) electrons. The summed E-state index contributed by atoms with van der Waals surface area (Å²) in [5, 5.41) is 0. The van der Waals surface area contributed by atoms with Gasteiger partial charge in [0, 0.05) is 25.9 Å². The highest BCUT2D eigenvalue weighted by Crippen LogP contribution is 2.39. The van der Waals surface area contributed by atoms with Gasteiger partial charge < -0.3 is 10.6 Å². The van der Waals surface area contributed by atoms with Crippen LogP contribution < -0.4 is 5.73 Å². The predicted octanol–water partition coefficient (Wildman–Crippen LogP) is 1.83. The van der Waals surface area contributed by atoms with Crippen molar-refractivity contribution in [2.45, 2.75) is 44.6 Å². The monoisotopic (exact) mass is 231 g/mol. The largest absolute Gasteiger partial charge is 0.370 e. The van der Waals surface area contributed by atoms with Gasteiger partial charge in [-0.05, 0) is 18.8 Å². The summed E-state index contributed by atoms with van der Waals surface area (Å²) in [7, 11) is 0. The number of likely N-dealkylation sites (tertiary alicyclic amines) is 1. The zero-order valence-corrected chi connectivity index (χ0v) is 9.63. The van der Waals surface area contributed by atoms with Gasteiger partial charge in [0.15, 0.2) is 5.96 Å². The third kappa shape index (κ3) is 2.62. The lowest BCUT2D eigenvalue weighted by Gasteiger charge is -2.35. The highest BCUT2D eigenvalue weighted by Gasteiger charge is 2.45. The minimum Gasteiger partial charge on any atom is -0.370 e. The summed E-state index contributed by atoms with van der Waals surface area (Å²) in [6.07, 6.45) is 1.93. The van der Waals surface area contributed by atoms with Gasteiger partial charge >= 0.3 is 0 Å². The number of nitrogens with zero attached hydrogens (tertiary/aromatic N) is 2. The van der Waals surface area contributed by atoms with Crippen LogP contribution in [0.25, 0.3) is 0 Å². The highest BCUT2D eigenvalue weighted by molar-refractivity contribution is 5.78. The molecule has 1 saturated heterocycles. The van der Waals surface area contributed by atoms with E-state index < -0.39 is 5.92 Å². The van der Waals surface area contributed by atoms with Crippen LogP contribution in [0.1, 0.15) is 32.6 Å². The van der Waals surface area contributed by atoms with Gasteiger partial charge in [0.1, 0.15) is 0 Å². The number of hydrogen-bond acceptors (Lipinski definition) is 1. The third-order valence-corrected chi connectivity index (χ3v) is 3.49. The van der Waals surface area contributed by atoms with Crippen LogP contribution in [-0.4, -0.2) is 35.9 Å². The normalized spacial score (nSPS) is 27.9. The first kappa shape index (κ1) is 11.6. The van der Waals surface area contributed by atoms with Crippen molar-refractivity contribution in [3.8, 4) is 0 Å². The molecule has 2 N–H and O–H groups in total. The van der Waals surface area contributed by atoms with E-state index in [9.17, 15) is 8.78 Å². The van der Waals surface area contributed by atoms with Crippen molar-refractivity contribution in [1.29, 1.82) is 0 Å². The minimum absolute atomic E-state index is 0.141. The van der Waals surface area contributed by atoms with Gasteiger partial charge in [0.25, 0.3) is 5.92 Å². The molecule has 0 bridgehead atoms. The van der Waals surface area contributed by atoms with Crippen molar-refractivity contribution >= 4 is 5.96 Å². The molecule has 0 amide bonds. The number of alkyl halides is 2. The van der Waals surface area contributed by atoms with Crippen LogP contribution in [0.3, 0.4) is 0 Å². The molecule has 92 valence electrons. The zero-order valence-electron chi connectivity index (χ0n) is 9.63. The number of nitrogens with two attached hydrogens (primary N) is 1. The van der Waals surface area contributed by atoms with Gasteiger partial charge in [-0.2, -0.15) is 0 Å². The van der Waals surface area contributed by atoms with Gasteiger partial charge in [0.05, 0.1) is 6.04 Å². The van der Waals surface area contributed by atoms with Crippen molar-refractivity contribution in [1.82, 2.24) is 4.90 Å². The van der Waals surface area contributed by atoms with Crippen molar-refractivity contribution in [2.24, 2.45) is 16.6 Å². The Morgan fingerprint density at radius 2 is 1.88 bits per heavy atom. The molecule has 0 spiro atoms. The maximum atomic E-state index is 12.6. The lowest BCUT2D eigenvalue weighted by molar-refractivity contribution is -0.0836. The summed E-state index contributed by atoms with van der Waals surface area (Å²) in [6, 6.07) is -0.269. The fourth-order valence-electron chi connectivity index (χ4n) is 2.23. The molecule has 1 aliphatic carbocycles. The van der Waals surface area contributed by atoms with Crippen molar-refractivity contribution < 1.29 is 8.78 Å². The molecule has 0 atom stereocenters. The van der Waals surface area contributed by atoms with E-state index in [4.69, 9.17) is 5.73 Å². The summed E-state index contributed by atoms with van der Waals surface area (Å²) in [6.45, 7) is 4.02. The smallest absolute Gasteiger partial charge is 0.252 e. The molecule has 0 aromatic heterocycles. The second-order valence-corrected chi connectivity index (χ2v) is 5.07. The average Bonchev–Trinajstić information content (AvgIpc) is 2.15. The first-order valence-corrected chi connectivity index (χ1v) is 5.92. The van der Waals surface area contributed by atoms with Crippen molar-refractivity contribution in [3.05, 3.63) is 0 Å². The molecular weight excluding hydrogens is 212 g/mol. The van der Waals surface area contributed by atoms with Gasteiger partial charge in [-0.15, -0.1) is 0 Å². The van der Waals surface area contributed by atoms with E-state index in [2.05, 4.69) is 11.9 Å². The number of piperidine rings is 1. The molecule has 3 nitrogen and oxygen atoms in total. The lowest BCUT2D eigenvalue weighted by atomic mass is 9.89. The molecular formula is C11H19F2N3. The van der Waals surface area contributed by atoms with Crippen LogP contribution in [0.15, 0.2) is 4.99 Å². The SMILES string of the molecule is CC1CCN(C(N)=NC2CC(F)(F)C2)CC1. The second-order valence-electron chi connectivity index (χ2n) is 5.07. The van der Waals surface area contributed by atoms with Crippen molar-refractivity contribution in [3.63, 3.8) is 0 Å². The predicted molar refractivity (Wildman–Crippen MR) is 59.6 cm³/mol. The van der Waals surface area contributed by atoms with Gasteiger partial charge in [-0.3, -0.25) is 0 Å². The quantitative estimate of drug-likeness (QED) is 0.552. The van der Waals surface area contributed by atoms with E-state index >= 15 is 0 Å². The summed E-state index contributed by atoms with van der Waals surface area (Å²) in [5.74, 6) is -1.32. The average molecular weight is 231 g/mol. The molecule has 0 aromatic rings. The van der Waals surface area contributed by atoms with E-state index in [0.717, 1.165) is 31.8 Å². The van der Waals surface area contributed by atoms with Gasteiger partial charge in [-0.25, -0.2) is 13.8 Å². The van der Waals surface area contributed by atoms with E-state index in [1.807, 2.05) is 4.90 Å². The first-order valence-electron chi connectivity index (χ1n) is 5.92. The molecule has 5 heteroatoms. The second kappa shape index (κ2) is 4.18. The Bertz CT molecular complexity index is 275. The highest BCUT2D eigenvalue weighted by atomic mass is 19.3. The Labute approximate surface area is 94.7 Å². The number of guanidine groups is 1. The van der Waals surface area contributed by atoms with E-state index in [1.165, 1.54) is 0 Å². The van der Waals surface area contributed by atoms with Crippen molar-refractivity contribution in [2.75, 3.05) is 13.1 Å². The van der Waals surface area contributed by atoms with Crippen LogP contribution in [0.4, 0.5) is 8.78 Å². The molecule has 2 aliphatic rings. The van der Waals surface area contributed by atoms with Crippen LogP contribution in [-0.2, 0) is 0 Å². The summed E-state index contributed by atoms with van der Waals surface area (Å²) in [5.41, 5.74) is 5.82. The molecule has 16 heavy (non-hydrogen) atoms. The zero-order chi connectivity index (χ0) is 11.8. The maximum absolute atomic E-state index is 12.6. The molecule has 0 unspecified atom stereocenters. The number of rotatable bonds is 1. The molecule has 1 aliphatic heterocycles. The van der Waals surface area contributed by atoms with E-state index in [0.29, 0.717) is 5.96 Å². The third-order valence-electron chi connectivity index (χ3n) is 3.49.